The molecule has 0 saturated carbocycles. The van der Waals surface area contributed by atoms with Crippen molar-refractivity contribution >= 4 is 16.8 Å². The summed E-state index contributed by atoms with van der Waals surface area (Å²) in [6.07, 6.45) is 2.15. The van der Waals surface area contributed by atoms with Crippen molar-refractivity contribution in [3.05, 3.63) is 42.7 Å². The number of fused-ring (bicyclic) bond motifs is 1. The van der Waals surface area contributed by atoms with Crippen LogP contribution >= 0.6 is 0 Å². The average molecular weight is 214 g/mol. The van der Waals surface area contributed by atoms with E-state index in [0.29, 0.717) is 13.0 Å². The molecule has 3 heteroatoms. The maximum atomic E-state index is 11.7. The Morgan fingerprint density at radius 3 is 2.94 bits per heavy atom. The van der Waals surface area contributed by atoms with E-state index in [-0.39, 0.29) is 5.78 Å². The maximum absolute atomic E-state index is 11.7. The summed E-state index contributed by atoms with van der Waals surface area (Å²) in [5.74, 6) is 0.163. The summed E-state index contributed by atoms with van der Waals surface area (Å²) in [5.41, 5.74) is 2.82. The molecule has 3 nitrogen and oxygen atoms in total. The number of benzene rings is 1. The van der Waals surface area contributed by atoms with E-state index in [2.05, 4.69) is 11.6 Å². The average Bonchev–Trinajstić information content (AvgIpc) is 2.61. The monoisotopic (exact) mass is 214 g/mol. The van der Waals surface area contributed by atoms with Gasteiger partial charge in [0.1, 0.15) is 0 Å². The lowest BCUT2D eigenvalue weighted by Crippen LogP contribution is -2.09. The molecule has 0 spiro atoms. The predicted molar refractivity (Wildman–Crippen MR) is 64.2 cm³/mol. The summed E-state index contributed by atoms with van der Waals surface area (Å²) in [6.45, 7) is 5.97. The number of aromatic nitrogens is 2. The molecule has 2 aromatic rings. The summed E-state index contributed by atoms with van der Waals surface area (Å²) in [4.78, 5) is 15.9. The summed E-state index contributed by atoms with van der Waals surface area (Å²) >= 11 is 0. The first-order valence-electron chi connectivity index (χ1n) is 5.23. The number of rotatable bonds is 4. The van der Waals surface area contributed by atoms with Crippen molar-refractivity contribution in [2.45, 2.75) is 19.9 Å². The zero-order chi connectivity index (χ0) is 11.5. The number of hydrogen-bond donors (Lipinski definition) is 0. The van der Waals surface area contributed by atoms with E-state index in [1.807, 2.05) is 35.8 Å². The van der Waals surface area contributed by atoms with Gasteiger partial charge in [0, 0.05) is 6.42 Å². The van der Waals surface area contributed by atoms with E-state index in [4.69, 9.17) is 0 Å². The molecule has 0 aliphatic carbocycles. The number of para-hydroxylation sites is 2. The molecule has 1 aromatic heterocycles. The van der Waals surface area contributed by atoms with E-state index in [0.717, 1.165) is 16.6 Å². The summed E-state index contributed by atoms with van der Waals surface area (Å²) in [5, 5.41) is 0. The Kier molecular flexibility index (Phi) is 2.86. The Bertz CT molecular complexity index is 540. The van der Waals surface area contributed by atoms with Crippen LogP contribution in [0.15, 0.2) is 42.7 Å². The lowest BCUT2D eigenvalue weighted by Gasteiger charge is -2.03. The van der Waals surface area contributed by atoms with Gasteiger partial charge in [0.05, 0.1) is 23.9 Å². The molecule has 0 atom stereocenters. The predicted octanol–water partition coefficient (Wildman–Crippen LogP) is 2.57. The third kappa shape index (κ3) is 2.19. The van der Waals surface area contributed by atoms with Crippen LogP contribution in [0.3, 0.4) is 0 Å². The molecule has 0 N–H and O–H groups in total. The number of nitrogens with zero attached hydrogens (tertiary/aromatic N) is 2. The zero-order valence-corrected chi connectivity index (χ0v) is 9.31. The third-order valence-corrected chi connectivity index (χ3v) is 2.37. The van der Waals surface area contributed by atoms with Crippen molar-refractivity contribution in [2.75, 3.05) is 0 Å². The molecule has 0 aliphatic rings. The largest absolute Gasteiger partial charge is 0.323 e. The van der Waals surface area contributed by atoms with Crippen LogP contribution < -0.4 is 0 Å². The second kappa shape index (κ2) is 4.31. The Balaban J connectivity index is 2.21. The normalized spacial score (nSPS) is 10.6. The van der Waals surface area contributed by atoms with Gasteiger partial charge in [-0.1, -0.05) is 24.3 Å². The Labute approximate surface area is 94.4 Å². The molecule has 82 valence electrons. The van der Waals surface area contributed by atoms with Crippen molar-refractivity contribution in [2.24, 2.45) is 0 Å². The van der Waals surface area contributed by atoms with Crippen LogP contribution in [0.1, 0.15) is 13.3 Å². The summed E-state index contributed by atoms with van der Waals surface area (Å²) in [7, 11) is 0. The topological polar surface area (TPSA) is 34.9 Å². The highest BCUT2D eigenvalue weighted by Crippen LogP contribution is 2.12. The second-order valence-electron chi connectivity index (χ2n) is 4.03. The van der Waals surface area contributed by atoms with Crippen LogP contribution in [0.5, 0.6) is 0 Å². The van der Waals surface area contributed by atoms with Crippen molar-refractivity contribution in [1.82, 2.24) is 9.55 Å². The van der Waals surface area contributed by atoms with Crippen LogP contribution in [-0.4, -0.2) is 15.3 Å². The molecule has 0 bridgehead atoms. The fourth-order valence-electron chi connectivity index (χ4n) is 1.72. The molecule has 0 saturated heterocycles. The fraction of sp³-hybridized carbons (Fsp3) is 0.231. The minimum absolute atomic E-state index is 0.163. The fourth-order valence-corrected chi connectivity index (χ4v) is 1.72. The molecule has 0 aliphatic heterocycles. The smallest absolute Gasteiger partial charge is 0.156 e. The van der Waals surface area contributed by atoms with Gasteiger partial charge in [0.15, 0.2) is 5.78 Å². The van der Waals surface area contributed by atoms with Crippen LogP contribution in [0, 0.1) is 0 Å². The highest BCUT2D eigenvalue weighted by Gasteiger charge is 2.06. The number of imidazole rings is 1. The molecule has 0 radical (unpaired) electrons. The van der Waals surface area contributed by atoms with Crippen molar-refractivity contribution in [3.8, 4) is 0 Å². The molecule has 0 fully saturated rings. The van der Waals surface area contributed by atoms with Crippen LogP contribution in [0.2, 0.25) is 0 Å². The highest BCUT2D eigenvalue weighted by atomic mass is 16.1. The third-order valence-electron chi connectivity index (χ3n) is 2.37. The van der Waals surface area contributed by atoms with Gasteiger partial charge in [0.2, 0.25) is 0 Å². The number of carbonyl (C=O) groups is 1. The van der Waals surface area contributed by atoms with Gasteiger partial charge in [-0.25, -0.2) is 4.98 Å². The van der Waals surface area contributed by atoms with Crippen LogP contribution in [0.4, 0.5) is 0 Å². The minimum atomic E-state index is 0.163. The Hall–Kier alpha value is -1.90. The van der Waals surface area contributed by atoms with E-state index in [9.17, 15) is 4.79 Å². The zero-order valence-electron chi connectivity index (χ0n) is 9.31. The highest BCUT2D eigenvalue weighted by molar-refractivity contribution is 5.83. The maximum Gasteiger partial charge on any atom is 0.156 e. The number of Topliss-reactive ketones (excluding diaryl/α,β-unsaturated/α-hetero) is 1. The SMILES string of the molecule is C=C(C)CC(=O)Cn1cnc2ccccc21. The summed E-state index contributed by atoms with van der Waals surface area (Å²) in [6, 6.07) is 7.80. The van der Waals surface area contributed by atoms with Crippen molar-refractivity contribution in [3.63, 3.8) is 0 Å². The number of carbonyl (C=O) groups excluding carboxylic acids is 1. The standard InChI is InChI=1S/C13H14N2O/c1-10(2)7-11(16)8-15-9-14-12-5-3-4-6-13(12)15/h3-6,9H,1,7-8H2,2H3. The van der Waals surface area contributed by atoms with E-state index >= 15 is 0 Å². The van der Waals surface area contributed by atoms with Gasteiger partial charge in [-0.05, 0) is 19.1 Å². The first kappa shape index (κ1) is 10.6. The molecular formula is C13H14N2O. The Morgan fingerprint density at radius 1 is 1.44 bits per heavy atom. The van der Waals surface area contributed by atoms with E-state index in [1.54, 1.807) is 6.33 Å². The van der Waals surface area contributed by atoms with Crippen LogP contribution in [-0.2, 0) is 11.3 Å². The molecule has 0 amide bonds. The van der Waals surface area contributed by atoms with Gasteiger partial charge in [-0.3, -0.25) is 4.79 Å². The van der Waals surface area contributed by atoms with Gasteiger partial charge >= 0.3 is 0 Å². The molecule has 2 rings (SSSR count). The van der Waals surface area contributed by atoms with Gasteiger partial charge in [-0.2, -0.15) is 0 Å². The quantitative estimate of drug-likeness (QED) is 0.733. The molecule has 1 aromatic carbocycles. The van der Waals surface area contributed by atoms with E-state index in [1.165, 1.54) is 0 Å². The molecule has 1 heterocycles. The summed E-state index contributed by atoms with van der Waals surface area (Å²) < 4.78 is 1.88. The molecular weight excluding hydrogens is 200 g/mol. The van der Waals surface area contributed by atoms with Crippen molar-refractivity contribution in [1.29, 1.82) is 0 Å². The Morgan fingerprint density at radius 2 is 2.19 bits per heavy atom. The number of hydrogen-bond acceptors (Lipinski definition) is 2. The number of allylic oxidation sites excluding steroid dienone is 1. The lowest BCUT2D eigenvalue weighted by atomic mass is 10.2. The molecule has 16 heavy (non-hydrogen) atoms. The minimum Gasteiger partial charge on any atom is -0.323 e. The first-order valence-corrected chi connectivity index (χ1v) is 5.23. The van der Waals surface area contributed by atoms with Crippen molar-refractivity contribution < 1.29 is 4.79 Å². The van der Waals surface area contributed by atoms with Crippen LogP contribution in [0.25, 0.3) is 11.0 Å². The van der Waals surface area contributed by atoms with E-state index < -0.39 is 0 Å². The van der Waals surface area contributed by atoms with Gasteiger partial charge in [-0.15, -0.1) is 0 Å². The van der Waals surface area contributed by atoms with Gasteiger partial charge < -0.3 is 4.57 Å². The second-order valence-corrected chi connectivity index (χ2v) is 4.03. The first-order chi connectivity index (χ1) is 7.66. The lowest BCUT2D eigenvalue weighted by molar-refractivity contribution is -0.118. The molecule has 0 unspecified atom stereocenters. The number of ketones is 1. The van der Waals surface area contributed by atoms with Gasteiger partial charge in [0.25, 0.3) is 0 Å².